The van der Waals surface area contributed by atoms with Crippen LogP contribution in [0.15, 0.2) is 81.7 Å². The fourth-order valence-corrected chi connectivity index (χ4v) is 6.60. The molecule has 3 aromatic rings. The minimum absolute atomic E-state index is 0.169. The van der Waals surface area contributed by atoms with Crippen LogP contribution >= 0.6 is 11.8 Å². The number of nitrogens with one attached hydrogen (secondary N) is 1. The van der Waals surface area contributed by atoms with Crippen LogP contribution in [0.2, 0.25) is 0 Å². The van der Waals surface area contributed by atoms with E-state index in [4.69, 9.17) is 5.73 Å². The van der Waals surface area contributed by atoms with Gasteiger partial charge in [-0.3, -0.25) is 0 Å². The Morgan fingerprint density at radius 1 is 1.11 bits per heavy atom. The second kappa shape index (κ2) is 16.0. The molecule has 1 aliphatic heterocycles. The summed E-state index contributed by atoms with van der Waals surface area (Å²) >= 11 is 1.62. The van der Waals surface area contributed by atoms with Gasteiger partial charge in [0.1, 0.15) is 17.9 Å². The van der Waals surface area contributed by atoms with Gasteiger partial charge in [0.05, 0.1) is 5.69 Å². The van der Waals surface area contributed by atoms with Crippen molar-refractivity contribution >= 4 is 46.5 Å². The molecule has 47 heavy (non-hydrogen) atoms. The van der Waals surface area contributed by atoms with Crippen molar-refractivity contribution in [2.45, 2.75) is 71.7 Å². The lowest BCUT2D eigenvalue weighted by atomic mass is 9.95. The minimum Gasteiger partial charge on any atom is -0.406 e. The Bertz CT molecular complexity index is 1600. The number of alkyl halides is 3. The molecule has 2 amide bonds. The number of ether oxygens (including phenoxy) is 1. The number of carbonyl (C=O) groups excluding carboxylic acids is 1. The first kappa shape index (κ1) is 35.5. The third kappa shape index (κ3) is 10.1. The zero-order valence-electron chi connectivity index (χ0n) is 27.2. The molecule has 0 aliphatic carbocycles. The highest BCUT2D eigenvalue weighted by Gasteiger charge is 2.31. The van der Waals surface area contributed by atoms with E-state index in [1.54, 1.807) is 11.8 Å². The molecule has 1 saturated heterocycles. The van der Waals surface area contributed by atoms with Crippen molar-refractivity contribution in [3.05, 3.63) is 89.0 Å². The topological polar surface area (TPSA) is 105 Å². The molecule has 250 valence electrons. The van der Waals surface area contributed by atoms with E-state index in [2.05, 4.69) is 82.7 Å². The van der Waals surface area contributed by atoms with Crippen molar-refractivity contribution < 1.29 is 22.7 Å². The lowest BCUT2D eigenvalue weighted by Gasteiger charge is -2.37. The van der Waals surface area contributed by atoms with Crippen LogP contribution in [0.5, 0.6) is 5.75 Å². The first-order valence-corrected chi connectivity index (χ1v) is 16.5. The molecule has 0 radical (unpaired) electrons. The molecule has 8 nitrogen and oxygen atoms in total. The van der Waals surface area contributed by atoms with E-state index in [0.717, 1.165) is 35.0 Å². The van der Waals surface area contributed by atoms with Crippen molar-refractivity contribution in [2.75, 3.05) is 17.2 Å². The number of aryl methyl sites for hydroxylation is 1. The normalized spacial score (nSPS) is 17.4. The molecule has 2 unspecified atom stereocenters. The van der Waals surface area contributed by atoms with Gasteiger partial charge in [-0.05, 0) is 85.5 Å². The Morgan fingerprint density at radius 2 is 1.81 bits per heavy atom. The maximum Gasteiger partial charge on any atom is 0.573 e. The van der Waals surface area contributed by atoms with E-state index in [1.165, 1.54) is 41.7 Å². The van der Waals surface area contributed by atoms with E-state index >= 15 is 0 Å². The molecule has 1 heterocycles. The summed E-state index contributed by atoms with van der Waals surface area (Å²) < 4.78 is 40.8. The number of thioether (sulfide) groups is 1. The summed E-state index contributed by atoms with van der Waals surface area (Å²) in [5.41, 5.74) is 11.9. The lowest BCUT2D eigenvalue weighted by molar-refractivity contribution is -0.274. The monoisotopic (exact) mass is 666 g/mol. The molecular weight excluding hydrogens is 625 g/mol. The largest absolute Gasteiger partial charge is 0.573 e. The highest BCUT2D eigenvalue weighted by Crippen LogP contribution is 2.36. The van der Waals surface area contributed by atoms with Gasteiger partial charge in [-0.1, -0.05) is 68.9 Å². The van der Waals surface area contributed by atoms with Gasteiger partial charge in [-0.25, -0.2) is 14.8 Å². The van der Waals surface area contributed by atoms with Gasteiger partial charge in [0.15, 0.2) is 5.17 Å². The summed E-state index contributed by atoms with van der Waals surface area (Å²) in [6, 6.07) is 19.0. The van der Waals surface area contributed by atoms with E-state index in [-0.39, 0.29) is 29.6 Å². The molecule has 2 atom stereocenters. The molecule has 3 aromatic carbocycles. The fraction of sp³-hybridized carbons (Fsp3) is 0.371. The lowest BCUT2D eigenvalue weighted by Crippen LogP contribution is -2.43. The number of urea groups is 1. The molecular formula is C35H41F3N6O2S. The van der Waals surface area contributed by atoms with E-state index in [0.29, 0.717) is 23.7 Å². The third-order valence-electron chi connectivity index (χ3n) is 7.85. The number of benzene rings is 3. The predicted molar refractivity (Wildman–Crippen MR) is 187 cm³/mol. The molecule has 0 saturated carbocycles. The van der Waals surface area contributed by atoms with E-state index in [9.17, 15) is 18.0 Å². The Hall–Kier alpha value is -4.32. The van der Waals surface area contributed by atoms with Gasteiger partial charge in [0.2, 0.25) is 0 Å². The van der Waals surface area contributed by atoms with Crippen LogP contribution in [0.3, 0.4) is 0 Å². The maximum atomic E-state index is 12.9. The number of halogens is 3. The van der Waals surface area contributed by atoms with Crippen LogP contribution in [-0.4, -0.2) is 48.1 Å². The van der Waals surface area contributed by atoms with Crippen molar-refractivity contribution in [3.8, 4) is 5.75 Å². The molecule has 4 rings (SSSR count). The maximum absolute atomic E-state index is 12.9. The van der Waals surface area contributed by atoms with E-state index in [1.807, 2.05) is 24.3 Å². The average Bonchev–Trinajstić information content (AvgIpc) is 3.01. The molecule has 0 bridgehead atoms. The number of hydrogen-bond donors (Lipinski definition) is 2. The molecule has 0 spiro atoms. The van der Waals surface area contributed by atoms with Gasteiger partial charge in [-0.2, -0.15) is 4.99 Å². The Labute approximate surface area is 278 Å². The predicted octanol–water partition coefficient (Wildman–Crippen LogP) is 8.67. The smallest absolute Gasteiger partial charge is 0.406 e. The fourth-order valence-electron chi connectivity index (χ4n) is 5.40. The van der Waals surface area contributed by atoms with Gasteiger partial charge in [0, 0.05) is 29.6 Å². The van der Waals surface area contributed by atoms with Crippen molar-refractivity contribution in [3.63, 3.8) is 0 Å². The summed E-state index contributed by atoms with van der Waals surface area (Å²) in [4.78, 5) is 27.9. The number of hydrogen-bond acceptors (Lipinski definition) is 4. The second-order valence-corrected chi connectivity index (χ2v) is 12.8. The molecule has 1 aliphatic rings. The SMILES string of the molecule is Cc1cccc(N2C(=NC(=O)NCCC(C)c3ccc(C(N)=NC=Nc4ccc(OC(F)(F)F)cc4)cc3)SCCC2C)c1C(C)C. The molecule has 3 N–H and O–H groups in total. The second-order valence-electron chi connectivity index (χ2n) is 11.8. The first-order valence-electron chi connectivity index (χ1n) is 15.5. The summed E-state index contributed by atoms with van der Waals surface area (Å²) in [6.45, 7) is 11.3. The van der Waals surface area contributed by atoms with Crippen molar-refractivity contribution in [1.29, 1.82) is 0 Å². The number of rotatable bonds is 10. The van der Waals surface area contributed by atoms with Gasteiger partial charge in [0.25, 0.3) is 0 Å². The quantitative estimate of drug-likeness (QED) is 0.166. The summed E-state index contributed by atoms with van der Waals surface area (Å²) in [7, 11) is 0. The van der Waals surface area contributed by atoms with Gasteiger partial charge >= 0.3 is 12.4 Å². The number of amides is 2. The number of amidine groups is 2. The summed E-state index contributed by atoms with van der Waals surface area (Å²) in [6.07, 6.45) is -1.77. The highest BCUT2D eigenvalue weighted by atomic mass is 32.2. The van der Waals surface area contributed by atoms with Crippen LogP contribution in [-0.2, 0) is 0 Å². The number of nitrogens with zero attached hydrogens (tertiary/aromatic N) is 4. The Kier molecular flexibility index (Phi) is 12.1. The van der Waals surface area contributed by atoms with Gasteiger partial charge < -0.3 is 20.7 Å². The minimum atomic E-state index is -4.75. The zero-order valence-corrected chi connectivity index (χ0v) is 28.0. The van der Waals surface area contributed by atoms with Crippen molar-refractivity contribution in [2.24, 2.45) is 20.7 Å². The first-order chi connectivity index (χ1) is 22.3. The number of carbonyl (C=O) groups is 1. The van der Waals surface area contributed by atoms with Crippen LogP contribution in [0, 0.1) is 6.92 Å². The summed E-state index contributed by atoms with van der Waals surface area (Å²) in [5, 5.41) is 3.70. The summed E-state index contributed by atoms with van der Waals surface area (Å²) in [5.74, 6) is 1.34. The van der Waals surface area contributed by atoms with Crippen LogP contribution in [0.1, 0.15) is 74.6 Å². The third-order valence-corrected chi connectivity index (χ3v) is 8.84. The van der Waals surface area contributed by atoms with E-state index < -0.39 is 6.36 Å². The van der Waals surface area contributed by atoms with Crippen LogP contribution < -0.4 is 20.7 Å². The highest BCUT2D eigenvalue weighted by molar-refractivity contribution is 8.14. The Balaban J connectivity index is 1.31. The standard InChI is InChI=1S/C35H41F3N6O2S/c1-22(2)31-24(4)7-6-8-30(31)44-25(5)18-20-47-34(44)43-33(45)40-19-17-23(3)26-9-11-27(12-10-26)32(39)42-21-41-28-13-15-29(16-14-28)46-35(36,37)38/h6-16,21-23,25H,17-20H2,1-5H3,(H,40,45)(H2,39,41,42). The van der Waals surface area contributed by atoms with Crippen LogP contribution in [0.25, 0.3) is 0 Å². The van der Waals surface area contributed by atoms with Gasteiger partial charge in [-0.15, -0.1) is 13.2 Å². The molecule has 1 fully saturated rings. The average molecular weight is 667 g/mol. The zero-order chi connectivity index (χ0) is 34.1. The van der Waals surface area contributed by atoms with Crippen LogP contribution in [0.4, 0.5) is 29.3 Å². The van der Waals surface area contributed by atoms with Crippen molar-refractivity contribution in [1.82, 2.24) is 5.32 Å². The Morgan fingerprint density at radius 3 is 2.47 bits per heavy atom. The molecule has 12 heteroatoms. The molecule has 0 aromatic heterocycles. The number of aliphatic imine (C=N–C) groups is 3. The number of anilines is 1. The number of nitrogens with two attached hydrogens (primary N) is 1.